The third-order valence-electron chi connectivity index (χ3n) is 4.43. The summed E-state index contributed by atoms with van der Waals surface area (Å²) in [6, 6.07) is 5.60. The van der Waals surface area contributed by atoms with E-state index in [9.17, 15) is 9.59 Å². The second kappa shape index (κ2) is 6.44. The standard InChI is InChI=1S/C16H21N3O3/c1-18-9-12-10-19(7-5-14(12)22-11-16(18)21)15(20)8-13-4-2-3-6-17-13/h2-4,6,12,14H,5,7-11H2,1H3/t12-,14-/m0/s1. The molecular formula is C16H21N3O3. The highest BCUT2D eigenvalue weighted by molar-refractivity contribution is 5.79. The molecule has 0 aromatic carbocycles. The zero-order valence-electron chi connectivity index (χ0n) is 12.8. The number of amides is 2. The molecular weight excluding hydrogens is 282 g/mol. The molecule has 3 heterocycles. The lowest BCUT2D eigenvalue weighted by Crippen LogP contribution is -2.49. The van der Waals surface area contributed by atoms with Gasteiger partial charge in [0.05, 0.1) is 12.5 Å². The van der Waals surface area contributed by atoms with Crippen molar-refractivity contribution in [3.05, 3.63) is 30.1 Å². The highest BCUT2D eigenvalue weighted by Gasteiger charge is 2.36. The van der Waals surface area contributed by atoms with Gasteiger partial charge >= 0.3 is 0 Å². The van der Waals surface area contributed by atoms with E-state index in [2.05, 4.69) is 4.98 Å². The summed E-state index contributed by atoms with van der Waals surface area (Å²) in [7, 11) is 1.79. The molecule has 1 aromatic rings. The number of ether oxygens (including phenoxy) is 1. The van der Waals surface area contributed by atoms with Crippen molar-refractivity contribution in [3.63, 3.8) is 0 Å². The largest absolute Gasteiger partial charge is 0.368 e. The molecule has 2 atom stereocenters. The molecule has 0 spiro atoms. The Balaban J connectivity index is 1.62. The van der Waals surface area contributed by atoms with Gasteiger partial charge in [-0.3, -0.25) is 14.6 Å². The van der Waals surface area contributed by atoms with Crippen LogP contribution in [0.25, 0.3) is 0 Å². The van der Waals surface area contributed by atoms with E-state index in [1.807, 2.05) is 23.1 Å². The lowest BCUT2D eigenvalue weighted by Gasteiger charge is -2.37. The number of likely N-dealkylation sites (N-methyl/N-ethyl adjacent to an activating group) is 1. The maximum Gasteiger partial charge on any atom is 0.248 e. The van der Waals surface area contributed by atoms with Crippen LogP contribution in [0.5, 0.6) is 0 Å². The molecule has 1 aromatic heterocycles. The second-order valence-electron chi connectivity index (χ2n) is 6.01. The van der Waals surface area contributed by atoms with Crippen molar-refractivity contribution in [1.29, 1.82) is 0 Å². The number of fused-ring (bicyclic) bond motifs is 1. The predicted octanol–water partition coefficient (Wildman–Crippen LogP) is 0.330. The first-order valence-corrected chi connectivity index (χ1v) is 7.66. The molecule has 0 radical (unpaired) electrons. The maximum atomic E-state index is 12.4. The molecule has 2 amide bonds. The molecule has 118 valence electrons. The lowest BCUT2D eigenvalue weighted by atomic mass is 9.94. The van der Waals surface area contributed by atoms with Crippen molar-refractivity contribution in [2.24, 2.45) is 5.92 Å². The number of aromatic nitrogens is 1. The first kappa shape index (κ1) is 15.0. The summed E-state index contributed by atoms with van der Waals surface area (Å²) in [5.74, 6) is 0.300. The van der Waals surface area contributed by atoms with Crippen LogP contribution < -0.4 is 0 Å². The fraction of sp³-hybridized carbons (Fsp3) is 0.562. The molecule has 3 rings (SSSR count). The van der Waals surface area contributed by atoms with Gasteiger partial charge in [-0.1, -0.05) is 6.07 Å². The van der Waals surface area contributed by atoms with Crippen molar-refractivity contribution in [3.8, 4) is 0 Å². The highest BCUT2D eigenvalue weighted by atomic mass is 16.5. The molecule has 2 saturated heterocycles. The van der Waals surface area contributed by atoms with Gasteiger partial charge in [0.2, 0.25) is 11.8 Å². The van der Waals surface area contributed by atoms with E-state index in [0.29, 0.717) is 26.1 Å². The van der Waals surface area contributed by atoms with E-state index in [-0.39, 0.29) is 30.4 Å². The number of likely N-dealkylation sites (tertiary alicyclic amines) is 1. The number of carbonyl (C=O) groups excluding carboxylic acids is 2. The molecule has 0 bridgehead atoms. The molecule has 0 saturated carbocycles. The summed E-state index contributed by atoms with van der Waals surface area (Å²) in [5.41, 5.74) is 0.791. The van der Waals surface area contributed by atoms with Crippen LogP contribution in [0.4, 0.5) is 0 Å². The number of hydrogen-bond acceptors (Lipinski definition) is 4. The summed E-state index contributed by atoms with van der Waals surface area (Å²) in [5, 5.41) is 0. The number of hydrogen-bond donors (Lipinski definition) is 0. The van der Waals surface area contributed by atoms with Crippen LogP contribution in [0.15, 0.2) is 24.4 Å². The van der Waals surface area contributed by atoms with E-state index < -0.39 is 0 Å². The van der Waals surface area contributed by atoms with Crippen LogP contribution in [-0.4, -0.2) is 66.0 Å². The van der Waals surface area contributed by atoms with Crippen molar-refractivity contribution >= 4 is 11.8 Å². The average Bonchev–Trinajstić information content (AvgIpc) is 2.67. The molecule has 0 N–H and O–H groups in total. The van der Waals surface area contributed by atoms with E-state index in [0.717, 1.165) is 12.1 Å². The Kier molecular flexibility index (Phi) is 4.38. The third-order valence-corrected chi connectivity index (χ3v) is 4.43. The van der Waals surface area contributed by atoms with Crippen LogP contribution in [0.2, 0.25) is 0 Å². The molecule has 2 fully saturated rings. The number of carbonyl (C=O) groups is 2. The predicted molar refractivity (Wildman–Crippen MR) is 80.0 cm³/mol. The first-order chi connectivity index (χ1) is 10.6. The fourth-order valence-electron chi connectivity index (χ4n) is 3.14. The van der Waals surface area contributed by atoms with E-state index in [1.165, 1.54) is 0 Å². The third kappa shape index (κ3) is 3.27. The summed E-state index contributed by atoms with van der Waals surface area (Å²) in [4.78, 5) is 32.0. The van der Waals surface area contributed by atoms with Crippen LogP contribution in [-0.2, 0) is 20.7 Å². The molecule has 2 aliphatic heterocycles. The van der Waals surface area contributed by atoms with Gasteiger partial charge in [0.25, 0.3) is 0 Å². The molecule has 6 nitrogen and oxygen atoms in total. The van der Waals surface area contributed by atoms with Gasteiger partial charge in [0.15, 0.2) is 0 Å². The molecule has 0 unspecified atom stereocenters. The minimum absolute atomic E-state index is 0.0146. The maximum absolute atomic E-state index is 12.4. The molecule has 2 aliphatic rings. The number of pyridine rings is 1. The molecule has 0 aliphatic carbocycles. The van der Waals surface area contributed by atoms with Crippen LogP contribution in [0.3, 0.4) is 0 Å². The van der Waals surface area contributed by atoms with Crippen molar-refractivity contribution in [2.45, 2.75) is 18.9 Å². The summed E-state index contributed by atoms with van der Waals surface area (Å²) < 4.78 is 5.69. The zero-order chi connectivity index (χ0) is 15.5. The van der Waals surface area contributed by atoms with Crippen molar-refractivity contribution in [1.82, 2.24) is 14.8 Å². The smallest absolute Gasteiger partial charge is 0.248 e. The number of piperidine rings is 1. The Morgan fingerprint density at radius 2 is 2.27 bits per heavy atom. The number of rotatable bonds is 2. The van der Waals surface area contributed by atoms with Gasteiger partial charge < -0.3 is 14.5 Å². The topological polar surface area (TPSA) is 62.7 Å². The van der Waals surface area contributed by atoms with Crippen LogP contribution in [0, 0.1) is 5.92 Å². The fourth-order valence-corrected chi connectivity index (χ4v) is 3.14. The van der Waals surface area contributed by atoms with Gasteiger partial charge in [-0.05, 0) is 18.6 Å². The Morgan fingerprint density at radius 3 is 3.05 bits per heavy atom. The van der Waals surface area contributed by atoms with Crippen molar-refractivity contribution in [2.75, 3.05) is 33.3 Å². The summed E-state index contributed by atoms with van der Waals surface area (Å²) in [6.07, 6.45) is 2.90. The molecule has 6 heteroatoms. The number of nitrogens with zero attached hydrogens (tertiary/aromatic N) is 3. The average molecular weight is 303 g/mol. The van der Waals surface area contributed by atoms with Crippen molar-refractivity contribution < 1.29 is 14.3 Å². The van der Waals surface area contributed by atoms with Gasteiger partial charge in [-0.15, -0.1) is 0 Å². The minimum Gasteiger partial charge on any atom is -0.368 e. The normalized spacial score (nSPS) is 25.6. The second-order valence-corrected chi connectivity index (χ2v) is 6.01. The Labute approximate surface area is 130 Å². The van der Waals surface area contributed by atoms with E-state index >= 15 is 0 Å². The van der Waals surface area contributed by atoms with Gasteiger partial charge in [-0.2, -0.15) is 0 Å². The summed E-state index contributed by atoms with van der Waals surface area (Å²) >= 11 is 0. The quantitative estimate of drug-likeness (QED) is 0.790. The minimum atomic E-state index is 0.0146. The monoisotopic (exact) mass is 303 g/mol. The Morgan fingerprint density at radius 1 is 1.41 bits per heavy atom. The highest BCUT2D eigenvalue weighted by Crippen LogP contribution is 2.24. The SMILES string of the molecule is CN1C[C@H]2CN(C(=O)Cc3ccccn3)CC[C@@H]2OCC1=O. The Bertz CT molecular complexity index is 549. The first-order valence-electron chi connectivity index (χ1n) is 7.66. The van der Waals surface area contributed by atoms with Gasteiger partial charge in [0, 0.05) is 44.5 Å². The van der Waals surface area contributed by atoms with E-state index in [4.69, 9.17) is 4.74 Å². The van der Waals surface area contributed by atoms with Gasteiger partial charge in [-0.25, -0.2) is 0 Å². The van der Waals surface area contributed by atoms with Crippen LogP contribution in [0.1, 0.15) is 12.1 Å². The zero-order valence-corrected chi connectivity index (χ0v) is 12.8. The van der Waals surface area contributed by atoms with Crippen LogP contribution >= 0.6 is 0 Å². The lowest BCUT2D eigenvalue weighted by molar-refractivity contribution is -0.137. The van der Waals surface area contributed by atoms with Gasteiger partial charge in [0.1, 0.15) is 6.61 Å². The van der Waals surface area contributed by atoms with E-state index in [1.54, 1.807) is 18.1 Å². The summed E-state index contributed by atoms with van der Waals surface area (Å²) in [6.45, 7) is 2.13. The Hall–Kier alpha value is -1.95. The molecule has 22 heavy (non-hydrogen) atoms.